The Labute approximate surface area is 66.4 Å². The molecule has 0 unspecified atom stereocenters. The van der Waals surface area contributed by atoms with Gasteiger partial charge in [-0.05, 0) is 19.9 Å². The number of halogens is 2. The molecule has 0 radical (unpaired) electrons. The molecule has 0 spiro atoms. The molecular formula is C8H15F2N. The van der Waals surface area contributed by atoms with Gasteiger partial charge in [-0.25, -0.2) is 8.78 Å². The van der Waals surface area contributed by atoms with Crippen molar-refractivity contribution < 1.29 is 8.78 Å². The van der Waals surface area contributed by atoms with Gasteiger partial charge >= 0.3 is 0 Å². The van der Waals surface area contributed by atoms with Crippen LogP contribution in [0.1, 0.15) is 20.3 Å². The largest absolute Gasteiger partial charge is 0.302 e. The fourth-order valence-electron chi connectivity index (χ4n) is 1.39. The highest BCUT2D eigenvalue weighted by Crippen LogP contribution is 2.31. The molecule has 11 heavy (non-hydrogen) atoms. The zero-order valence-corrected chi connectivity index (χ0v) is 7.11. The summed E-state index contributed by atoms with van der Waals surface area (Å²) < 4.78 is 25.1. The Morgan fingerprint density at radius 2 is 2.00 bits per heavy atom. The van der Waals surface area contributed by atoms with Gasteiger partial charge in [-0.1, -0.05) is 6.92 Å². The molecule has 1 aliphatic heterocycles. The molecule has 0 bridgehead atoms. The van der Waals surface area contributed by atoms with Gasteiger partial charge in [-0.15, -0.1) is 0 Å². The molecule has 0 amide bonds. The lowest BCUT2D eigenvalue weighted by Crippen LogP contribution is -2.53. The molecule has 1 saturated heterocycles. The van der Waals surface area contributed by atoms with Crippen molar-refractivity contribution in [1.29, 1.82) is 0 Å². The van der Waals surface area contributed by atoms with Crippen molar-refractivity contribution in [1.82, 2.24) is 4.90 Å². The minimum atomic E-state index is -2.47. The summed E-state index contributed by atoms with van der Waals surface area (Å²) in [6.45, 7) is 5.21. The van der Waals surface area contributed by atoms with Crippen LogP contribution in [0.3, 0.4) is 0 Å². The van der Waals surface area contributed by atoms with Crippen LogP contribution in [0.15, 0.2) is 0 Å². The van der Waals surface area contributed by atoms with Crippen LogP contribution >= 0.6 is 0 Å². The van der Waals surface area contributed by atoms with Gasteiger partial charge in [0.15, 0.2) is 0 Å². The Morgan fingerprint density at radius 1 is 1.45 bits per heavy atom. The zero-order chi connectivity index (χ0) is 8.48. The average Bonchev–Trinajstić information content (AvgIpc) is 1.74. The van der Waals surface area contributed by atoms with Crippen molar-refractivity contribution >= 4 is 0 Å². The quantitative estimate of drug-likeness (QED) is 0.615. The Balaban J connectivity index is 2.19. The van der Waals surface area contributed by atoms with Crippen LogP contribution in [0.2, 0.25) is 0 Å². The molecule has 0 aromatic heterocycles. The van der Waals surface area contributed by atoms with Crippen LogP contribution < -0.4 is 0 Å². The summed E-state index contributed by atoms with van der Waals surface area (Å²) in [5.41, 5.74) is 0. The number of hydrogen-bond acceptors (Lipinski definition) is 1. The minimum Gasteiger partial charge on any atom is -0.302 e. The number of alkyl halides is 2. The van der Waals surface area contributed by atoms with E-state index in [0.717, 1.165) is 19.9 Å². The lowest BCUT2D eigenvalue weighted by atomic mass is 9.94. The van der Waals surface area contributed by atoms with Gasteiger partial charge < -0.3 is 4.90 Å². The maximum atomic E-state index is 12.6. The third-order valence-corrected chi connectivity index (χ3v) is 2.21. The Hall–Kier alpha value is -0.180. The molecule has 0 aromatic rings. The lowest BCUT2D eigenvalue weighted by Gasteiger charge is -2.41. The molecule has 0 N–H and O–H groups in total. The Bertz CT molecular complexity index is 125. The maximum Gasteiger partial charge on any atom is 0.250 e. The van der Waals surface area contributed by atoms with Crippen LogP contribution in [-0.2, 0) is 0 Å². The second-order valence-electron chi connectivity index (χ2n) is 3.41. The third-order valence-electron chi connectivity index (χ3n) is 2.21. The van der Waals surface area contributed by atoms with Crippen molar-refractivity contribution in [2.45, 2.75) is 26.2 Å². The summed E-state index contributed by atoms with van der Waals surface area (Å²) in [5, 5.41) is 0. The topological polar surface area (TPSA) is 3.24 Å². The van der Waals surface area contributed by atoms with E-state index in [2.05, 4.69) is 11.8 Å². The van der Waals surface area contributed by atoms with E-state index in [9.17, 15) is 8.78 Å². The van der Waals surface area contributed by atoms with Crippen molar-refractivity contribution in [2.75, 3.05) is 19.6 Å². The first-order valence-electron chi connectivity index (χ1n) is 4.14. The fraction of sp³-hybridized carbons (Fsp3) is 1.00. The molecule has 0 aliphatic carbocycles. The molecule has 3 heteroatoms. The second kappa shape index (κ2) is 3.05. The zero-order valence-electron chi connectivity index (χ0n) is 7.11. The summed E-state index contributed by atoms with van der Waals surface area (Å²) in [5.74, 6) is -2.86. The molecule has 1 rings (SSSR count). The first-order chi connectivity index (χ1) is 5.04. The number of nitrogens with zero attached hydrogens (tertiary/aromatic N) is 1. The van der Waals surface area contributed by atoms with Crippen molar-refractivity contribution in [2.24, 2.45) is 5.92 Å². The lowest BCUT2D eigenvalue weighted by molar-refractivity contribution is -0.103. The van der Waals surface area contributed by atoms with E-state index >= 15 is 0 Å². The van der Waals surface area contributed by atoms with Gasteiger partial charge in [0.2, 0.25) is 0 Å². The first-order valence-corrected chi connectivity index (χ1v) is 4.14. The highest BCUT2D eigenvalue weighted by Gasteiger charge is 2.41. The molecule has 0 aromatic carbocycles. The second-order valence-corrected chi connectivity index (χ2v) is 3.41. The summed E-state index contributed by atoms with van der Waals surface area (Å²) in [6, 6.07) is 0. The van der Waals surface area contributed by atoms with E-state index < -0.39 is 11.8 Å². The van der Waals surface area contributed by atoms with Crippen molar-refractivity contribution in [3.8, 4) is 0 Å². The standard InChI is InChI=1S/C8H15F2N/c1-3-4-11-5-7(6-11)8(2,9)10/h7H,3-6H2,1-2H3. The molecule has 0 atom stereocenters. The number of likely N-dealkylation sites (tertiary alicyclic amines) is 1. The van der Waals surface area contributed by atoms with Crippen LogP contribution in [0, 0.1) is 5.92 Å². The maximum absolute atomic E-state index is 12.6. The molecular weight excluding hydrogens is 148 g/mol. The summed E-state index contributed by atoms with van der Waals surface area (Å²) >= 11 is 0. The SMILES string of the molecule is CCCN1CC(C(C)(F)F)C1. The molecule has 1 heterocycles. The van der Waals surface area contributed by atoms with Gasteiger partial charge in [0, 0.05) is 19.0 Å². The Morgan fingerprint density at radius 3 is 2.36 bits per heavy atom. The van der Waals surface area contributed by atoms with Gasteiger partial charge in [0.05, 0.1) is 0 Å². The highest BCUT2D eigenvalue weighted by molar-refractivity contribution is 4.86. The predicted octanol–water partition coefficient (Wildman–Crippen LogP) is 1.98. The predicted molar refractivity (Wildman–Crippen MR) is 40.8 cm³/mol. The summed E-state index contributed by atoms with van der Waals surface area (Å²) in [6.07, 6.45) is 1.06. The molecule has 0 saturated carbocycles. The van der Waals surface area contributed by atoms with E-state index in [1.165, 1.54) is 0 Å². The monoisotopic (exact) mass is 163 g/mol. The number of hydrogen-bond donors (Lipinski definition) is 0. The van der Waals surface area contributed by atoms with E-state index in [1.807, 2.05) is 0 Å². The Kier molecular flexibility index (Phi) is 2.47. The van der Waals surface area contributed by atoms with E-state index in [0.29, 0.717) is 13.1 Å². The molecule has 66 valence electrons. The van der Waals surface area contributed by atoms with Crippen LogP contribution in [-0.4, -0.2) is 30.5 Å². The molecule has 1 aliphatic rings. The third kappa shape index (κ3) is 2.12. The average molecular weight is 163 g/mol. The van der Waals surface area contributed by atoms with Crippen LogP contribution in [0.5, 0.6) is 0 Å². The first kappa shape index (κ1) is 8.91. The summed E-state index contributed by atoms with van der Waals surface area (Å²) in [7, 11) is 0. The van der Waals surface area contributed by atoms with E-state index in [4.69, 9.17) is 0 Å². The smallest absolute Gasteiger partial charge is 0.250 e. The van der Waals surface area contributed by atoms with E-state index in [1.54, 1.807) is 0 Å². The number of rotatable bonds is 3. The van der Waals surface area contributed by atoms with Gasteiger partial charge in [-0.2, -0.15) is 0 Å². The van der Waals surface area contributed by atoms with Gasteiger partial charge in [-0.3, -0.25) is 0 Å². The van der Waals surface area contributed by atoms with Gasteiger partial charge in [0.1, 0.15) is 0 Å². The van der Waals surface area contributed by atoms with Crippen LogP contribution in [0.25, 0.3) is 0 Å². The minimum absolute atomic E-state index is 0.394. The van der Waals surface area contributed by atoms with Gasteiger partial charge in [0.25, 0.3) is 5.92 Å². The molecule has 1 nitrogen and oxygen atoms in total. The van der Waals surface area contributed by atoms with E-state index in [-0.39, 0.29) is 0 Å². The van der Waals surface area contributed by atoms with Crippen LogP contribution in [0.4, 0.5) is 8.78 Å². The molecule has 1 fully saturated rings. The van der Waals surface area contributed by atoms with Crippen molar-refractivity contribution in [3.63, 3.8) is 0 Å². The highest BCUT2D eigenvalue weighted by atomic mass is 19.3. The normalized spacial score (nSPS) is 21.8. The summed E-state index contributed by atoms with van der Waals surface area (Å²) in [4.78, 5) is 2.07. The van der Waals surface area contributed by atoms with Crippen molar-refractivity contribution in [3.05, 3.63) is 0 Å². The fourth-order valence-corrected chi connectivity index (χ4v) is 1.39.